The van der Waals surface area contributed by atoms with Crippen molar-refractivity contribution < 1.29 is 9.53 Å². The van der Waals surface area contributed by atoms with Crippen molar-refractivity contribution in [2.24, 2.45) is 0 Å². The van der Waals surface area contributed by atoms with E-state index in [-0.39, 0.29) is 5.91 Å². The first-order valence-electron chi connectivity index (χ1n) is 9.73. The summed E-state index contributed by atoms with van der Waals surface area (Å²) < 4.78 is 5.50. The number of pyridine rings is 2. The van der Waals surface area contributed by atoms with E-state index >= 15 is 0 Å². The van der Waals surface area contributed by atoms with E-state index in [9.17, 15) is 4.79 Å². The maximum Gasteiger partial charge on any atom is 0.226 e. The van der Waals surface area contributed by atoms with Gasteiger partial charge in [0.1, 0.15) is 11.3 Å². The molecule has 0 bridgehead atoms. The van der Waals surface area contributed by atoms with Gasteiger partial charge >= 0.3 is 0 Å². The van der Waals surface area contributed by atoms with Gasteiger partial charge in [-0.3, -0.25) is 14.9 Å². The van der Waals surface area contributed by atoms with Crippen molar-refractivity contribution in [2.75, 3.05) is 42.6 Å². The Morgan fingerprint density at radius 3 is 2.82 bits per heavy atom. The smallest absolute Gasteiger partial charge is 0.226 e. The van der Waals surface area contributed by atoms with Crippen molar-refractivity contribution in [2.45, 2.75) is 19.3 Å². The Morgan fingerprint density at radius 1 is 1.14 bits per heavy atom. The predicted molar refractivity (Wildman–Crippen MR) is 106 cm³/mol. The normalized spacial score (nSPS) is 18.1. The Hall–Kier alpha value is -3.00. The fourth-order valence-corrected chi connectivity index (χ4v) is 3.95. The summed E-state index contributed by atoms with van der Waals surface area (Å²) in [5.74, 6) is 1.04. The van der Waals surface area contributed by atoms with E-state index in [4.69, 9.17) is 9.72 Å². The first-order valence-corrected chi connectivity index (χ1v) is 9.73. The van der Waals surface area contributed by atoms with Crippen LogP contribution in [0.5, 0.6) is 0 Å². The third-order valence-electron chi connectivity index (χ3n) is 5.41. The highest BCUT2D eigenvalue weighted by molar-refractivity contribution is 6.06. The molecule has 2 saturated heterocycles. The third-order valence-corrected chi connectivity index (χ3v) is 5.41. The Morgan fingerprint density at radius 2 is 2.04 bits per heavy atom. The highest BCUT2D eigenvalue weighted by atomic mass is 16.5. The average Bonchev–Trinajstić information content (AvgIpc) is 3.28. The average molecular weight is 378 g/mol. The second-order valence-corrected chi connectivity index (χ2v) is 7.14. The molecule has 144 valence electrons. The van der Waals surface area contributed by atoms with Crippen molar-refractivity contribution in [1.82, 2.24) is 20.2 Å². The molecule has 0 atom stereocenters. The van der Waals surface area contributed by atoms with Crippen LogP contribution in [0.3, 0.4) is 0 Å². The first kappa shape index (κ1) is 17.1. The Bertz CT molecular complexity index is 997. The number of nitrogens with zero attached hydrogens (tertiary/aromatic N) is 5. The molecule has 2 aliphatic heterocycles. The van der Waals surface area contributed by atoms with Crippen LogP contribution in [0.2, 0.25) is 0 Å². The van der Waals surface area contributed by atoms with Gasteiger partial charge in [0.25, 0.3) is 0 Å². The number of piperidine rings is 1. The van der Waals surface area contributed by atoms with Crippen LogP contribution in [-0.4, -0.2) is 58.9 Å². The van der Waals surface area contributed by atoms with E-state index in [1.54, 1.807) is 12.4 Å². The Labute approximate surface area is 162 Å². The summed E-state index contributed by atoms with van der Waals surface area (Å²) in [6, 6.07) is 4.00. The molecule has 2 fully saturated rings. The number of hydrogen-bond acceptors (Lipinski definition) is 6. The molecule has 0 aromatic carbocycles. The number of morpholine rings is 1. The van der Waals surface area contributed by atoms with Gasteiger partial charge in [-0.25, -0.2) is 4.98 Å². The van der Waals surface area contributed by atoms with Gasteiger partial charge in [-0.15, -0.1) is 0 Å². The minimum Gasteiger partial charge on any atom is -0.378 e. The maximum absolute atomic E-state index is 12.7. The molecule has 5 heterocycles. The van der Waals surface area contributed by atoms with Gasteiger partial charge in [-0.1, -0.05) is 0 Å². The van der Waals surface area contributed by atoms with Crippen LogP contribution in [-0.2, 0) is 9.53 Å². The second-order valence-electron chi connectivity index (χ2n) is 7.14. The summed E-state index contributed by atoms with van der Waals surface area (Å²) in [5.41, 5.74) is 3.37. The maximum atomic E-state index is 12.7. The molecule has 0 saturated carbocycles. The van der Waals surface area contributed by atoms with E-state index < -0.39 is 0 Å². The van der Waals surface area contributed by atoms with Crippen LogP contribution in [0.15, 0.2) is 30.7 Å². The fourth-order valence-electron chi connectivity index (χ4n) is 3.95. The van der Waals surface area contributed by atoms with Crippen LogP contribution in [0, 0.1) is 0 Å². The zero-order chi connectivity index (χ0) is 18.9. The van der Waals surface area contributed by atoms with Crippen LogP contribution in [0.4, 0.5) is 11.5 Å². The van der Waals surface area contributed by atoms with Gasteiger partial charge < -0.3 is 14.5 Å². The quantitative estimate of drug-likeness (QED) is 0.753. The van der Waals surface area contributed by atoms with E-state index in [0.29, 0.717) is 19.6 Å². The zero-order valence-electron chi connectivity index (χ0n) is 15.6. The Balaban J connectivity index is 1.72. The van der Waals surface area contributed by atoms with Crippen LogP contribution < -0.4 is 9.80 Å². The number of hydrogen-bond donors (Lipinski definition) is 1. The van der Waals surface area contributed by atoms with E-state index in [2.05, 4.69) is 26.1 Å². The van der Waals surface area contributed by atoms with Crippen molar-refractivity contribution in [3.05, 3.63) is 30.7 Å². The van der Waals surface area contributed by atoms with E-state index in [1.165, 1.54) is 0 Å². The summed E-state index contributed by atoms with van der Waals surface area (Å²) in [4.78, 5) is 26.3. The molecule has 0 spiro atoms. The molecule has 5 rings (SSSR count). The lowest BCUT2D eigenvalue weighted by molar-refractivity contribution is -0.119. The van der Waals surface area contributed by atoms with Gasteiger partial charge in [0.15, 0.2) is 0 Å². The molecule has 8 nitrogen and oxygen atoms in total. The predicted octanol–water partition coefficient (Wildman–Crippen LogP) is 2.37. The molecule has 0 aliphatic carbocycles. The van der Waals surface area contributed by atoms with E-state index in [1.807, 2.05) is 17.2 Å². The molecule has 0 unspecified atom stereocenters. The van der Waals surface area contributed by atoms with Gasteiger partial charge in [0.05, 0.1) is 30.8 Å². The van der Waals surface area contributed by atoms with Crippen molar-refractivity contribution in [3.63, 3.8) is 0 Å². The second kappa shape index (κ2) is 7.20. The number of amides is 1. The van der Waals surface area contributed by atoms with Crippen LogP contribution in [0.1, 0.15) is 19.3 Å². The van der Waals surface area contributed by atoms with Gasteiger partial charge in [0.2, 0.25) is 5.91 Å². The summed E-state index contributed by atoms with van der Waals surface area (Å²) in [6.07, 6.45) is 7.90. The number of aromatic nitrogens is 4. The number of H-pyrrole nitrogens is 1. The molecule has 3 aromatic heterocycles. The molecule has 8 heteroatoms. The van der Waals surface area contributed by atoms with Gasteiger partial charge in [-0.2, -0.15) is 5.10 Å². The highest BCUT2D eigenvalue weighted by Crippen LogP contribution is 2.35. The van der Waals surface area contributed by atoms with E-state index in [0.717, 1.165) is 66.1 Å². The highest BCUT2D eigenvalue weighted by Gasteiger charge is 2.25. The summed E-state index contributed by atoms with van der Waals surface area (Å²) in [5, 5.41) is 7.85. The number of aromatic amines is 1. The van der Waals surface area contributed by atoms with Crippen LogP contribution in [0.25, 0.3) is 22.2 Å². The minimum absolute atomic E-state index is 0.174. The molecule has 1 amide bonds. The number of fused-ring (bicyclic) bond motifs is 1. The summed E-state index contributed by atoms with van der Waals surface area (Å²) in [6.45, 7) is 3.67. The Kier molecular flexibility index (Phi) is 4.40. The number of ether oxygens (including phenoxy) is 1. The molecule has 3 aromatic rings. The van der Waals surface area contributed by atoms with Crippen molar-refractivity contribution in [3.8, 4) is 11.3 Å². The molecular formula is C20H22N6O2. The number of nitrogens with one attached hydrogen (secondary N) is 1. The third kappa shape index (κ3) is 2.99. The van der Waals surface area contributed by atoms with Crippen molar-refractivity contribution in [1.29, 1.82) is 0 Å². The molecule has 0 radical (unpaired) electrons. The standard InChI is InChI=1S/C20H22N6O2/c27-18-3-1-2-6-26(18)16-11-17(25-7-9-28-10-8-25)24-20-15(16)4-5-21-19(20)14-12-22-23-13-14/h4-5,11-13H,1-3,6-10H2,(H,22,23). The van der Waals surface area contributed by atoms with Crippen molar-refractivity contribution >= 4 is 28.3 Å². The number of carbonyl (C=O) groups excluding carboxylic acids is 1. The minimum atomic E-state index is 0.174. The zero-order valence-corrected chi connectivity index (χ0v) is 15.6. The molecule has 2 aliphatic rings. The lowest BCUT2D eigenvalue weighted by Gasteiger charge is -2.31. The lowest BCUT2D eigenvalue weighted by atomic mass is 10.1. The number of carbonyl (C=O) groups is 1. The fraction of sp³-hybridized carbons (Fsp3) is 0.400. The summed E-state index contributed by atoms with van der Waals surface area (Å²) >= 11 is 0. The molecular weight excluding hydrogens is 356 g/mol. The monoisotopic (exact) mass is 378 g/mol. The lowest BCUT2D eigenvalue weighted by Crippen LogP contribution is -2.38. The number of rotatable bonds is 3. The molecule has 1 N–H and O–H groups in total. The van der Waals surface area contributed by atoms with Crippen LogP contribution >= 0.6 is 0 Å². The first-order chi connectivity index (χ1) is 13.8. The largest absolute Gasteiger partial charge is 0.378 e. The topological polar surface area (TPSA) is 87.2 Å². The number of anilines is 2. The molecule has 28 heavy (non-hydrogen) atoms. The summed E-state index contributed by atoms with van der Waals surface area (Å²) in [7, 11) is 0. The van der Waals surface area contributed by atoms with Gasteiger partial charge in [-0.05, 0) is 18.9 Å². The SMILES string of the molecule is O=C1CCCCN1c1cc(N2CCOCC2)nc2c(-c3cn[nH]c3)nccc12. The van der Waals surface area contributed by atoms with Gasteiger partial charge in [0, 0.05) is 55.5 Å².